The molecule has 0 aliphatic heterocycles. The predicted molar refractivity (Wildman–Crippen MR) is 75.4 cm³/mol. The lowest BCUT2D eigenvalue weighted by Gasteiger charge is -2.10. The van der Waals surface area contributed by atoms with Crippen LogP contribution in [0.3, 0.4) is 0 Å². The number of hydrogen-bond acceptors (Lipinski definition) is 3. The van der Waals surface area contributed by atoms with Crippen LogP contribution in [0.2, 0.25) is 10.0 Å². The number of carboxylic acids is 1. The fraction of sp³-hybridized carbons (Fsp3) is 0.0769. The van der Waals surface area contributed by atoms with Gasteiger partial charge in [0.2, 0.25) is 0 Å². The van der Waals surface area contributed by atoms with Gasteiger partial charge in [-0.05, 0) is 30.3 Å². The minimum atomic E-state index is -0.988. The van der Waals surface area contributed by atoms with Crippen LogP contribution in [0.4, 0.5) is 5.82 Å². The molecule has 6 heteroatoms. The van der Waals surface area contributed by atoms with Gasteiger partial charge in [-0.2, -0.15) is 0 Å². The zero-order valence-electron chi connectivity index (χ0n) is 9.73. The van der Waals surface area contributed by atoms with E-state index in [4.69, 9.17) is 34.0 Å². The van der Waals surface area contributed by atoms with Gasteiger partial charge in [-0.25, -0.2) is 4.98 Å². The number of halogens is 2. The Balaban J connectivity index is 2.60. The third kappa shape index (κ3) is 3.16. The predicted octanol–water partition coefficient (Wildman–Crippen LogP) is 3.26. The average molecular weight is 297 g/mol. The summed E-state index contributed by atoms with van der Waals surface area (Å²) >= 11 is 12.0. The number of carbonyl (C=O) groups is 1. The van der Waals surface area contributed by atoms with Crippen LogP contribution in [0.25, 0.3) is 11.1 Å². The number of nitrogens with zero attached hydrogens (tertiary/aromatic N) is 1. The summed E-state index contributed by atoms with van der Waals surface area (Å²) in [6.07, 6.45) is -0.233. The minimum absolute atomic E-state index is 0.233. The molecular weight excluding hydrogens is 287 g/mol. The van der Waals surface area contributed by atoms with Gasteiger partial charge in [-0.3, -0.25) is 4.79 Å². The Labute approximate surface area is 119 Å². The second-order valence-electron chi connectivity index (χ2n) is 3.93. The highest BCUT2D eigenvalue weighted by Gasteiger charge is 2.13. The molecule has 0 fully saturated rings. The van der Waals surface area contributed by atoms with Crippen LogP contribution in [0.5, 0.6) is 0 Å². The molecular formula is C13H10Cl2N2O2. The maximum absolute atomic E-state index is 10.9. The zero-order valence-corrected chi connectivity index (χ0v) is 11.2. The average Bonchev–Trinajstić information content (AvgIpc) is 2.32. The minimum Gasteiger partial charge on any atom is -0.481 e. The number of aromatic nitrogens is 1. The van der Waals surface area contributed by atoms with E-state index in [-0.39, 0.29) is 12.2 Å². The van der Waals surface area contributed by atoms with Gasteiger partial charge in [0, 0.05) is 21.2 Å². The first-order chi connectivity index (χ1) is 8.97. The quantitative estimate of drug-likeness (QED) is 0.911. The van der Waals surface area contributed by atoms with E-state index in [1.54, 1.807) is 30.3 Å². The number of anilines is 1. The number of nitrogens with two attached hydrogens (primary N) is 1. The van der Waals surface area contributed by atoms with Crippen molar-refractivity contribution in [2.24, 2.45) is 0 Å². The van der Waals surface area contributed by atoms with Crippen molar-refractivity contribution in [3.8, 4) is 11.1 Å². The molecule has 4 nitrogen and oxygen atoms in total. The molecule has 0 amide bonds. The first-order valence-corrected chi connectivity index (χ1v) is 6.15. The van der Waals surface area contributed by atoms with E-state index >= 15 is 0 Å². The molecule has 0 saturated heterocycles. The van der Waals surface area contributed by atoms with Crippen LogP contribution in [-0.4, -0.2) is 16.1 Å². The second-order valence-corrected chi connectivity index (χ2v) is 4.77. The molecule has 0 bridgehead atoms. The molecule has 0 spiro atoms. The molecule has 2 rings (SSSR count). The number of aliphatic carboxylic acids is 1. The molecule has 1 aromatic heterocycles. The van der Waals surface area contributed by atoms with Crippen LogP contribution in [0, 0.1) is 0 Å². The van der Waals surface area contributed by atoms with Crippen molar-refractivity contribution in [3.63, 3.8) is 0 Å². The van der Waals surface area contributed by atoms with Gasteiger partial charge in [0.25, 0.3) is 0 Å². The van der Waals surface area contributed by atoms with E-state index in [0.717, 1.165) is 0 Å². The largest absolute Gasteiger partial charge is 0.481 e. The van der Waals surface area contributed by atoms with Gasteiger partial charge in [0.05, 0.1) is 12.1 Å². The van der Waals surface area contributed by atoms with Crippen LogP contribution < -0.4 is 5.73 Å². The molecule has 0 aliphatic rings. The number of hydrogen-bond donors (Lipinski definition) is 2. The summed E-state index contributed by atoms with van der Waals surface area (Å²) < 4.78 is 0. The zero-order chi connectivity index (χ0) is 14.0. The molecule has 98 valence electrons. The van der Waals surface area contributed by atoms with Gasteiger partial charge in [-0.1, -0.05) is 23.2 Å². The van der Waals surface area contributed by atoms with E-state index in [1.165, 1.54) is 0 Å². The van der Waals surface area contributed by atoms with Crippen molar-refractivity contribution in [2.75, 3.05) is 5.73 Å². The van der Waals surface area contributed by atoms with Crippen LogP contribution in [0.15, 0.2) is 30.3 Å². The van der Waals surface area contributed by atoms with Gasteiger partial charge in [-0.15, -0.1) is 0 Å². The summed E-state index contributed by atoms with van der Waals surface area (Å²) in [5.41, 5.74) is 7.20. The van der Waals surface area contributed by atoms with E-state index in [1.807, 2.05) is 0 Å². The lowest BCUT2D eigenvalue weighted by Crippen LogP contribution is -2.06. The normalized spacial score (nSPS) is 10.4. The fourth-order valence-electron chi connectivity index (χ4n) is 1.75. The van der Waals surface area contributed by atoms with Crippen LogP contribution in [-0.2, 0) is 11.2 Å². The van der Waals surface area contributed by atoms with E-state index in [0.29, 0.717) is 26.9 Å². The summed E-state index contributed by atoms with van der Waals surface area (Å²) in [5.74, 6) is -0.726. The van der Waals surface area contributed by atoms with Crippen LogP contribution >= 0.6 is 23.2 Å². The number of benzene rings is 1. The highest BCUT2D eigenvalue weighted by molar-refractivity contribution is 6.35. The van der Waals surface area contributed by atoms with Crippen molar-refractivity contribution in [3.05, 3.63) is 46.1 Å². The molecule has 0 aliphatic carbocycles. The van der Waals surface area contributed by atoms with E-state index in [2.05, 4.69) is 4.98 Å². The van der Waals surface area contributed by atoms with Crippen molar-refractivity contribution in [1.82, 2.24) is 4.98 Å². The fourth-order valence-corrected chi connectivity index (χ4v) is 2.14. The first-order valence-electron chi connectivity index (χ1n) is 5.40. The standard InChI is InChI=1S/C13H10Cl2N2O2/c14-7-1-3-10(15)9(5-7)8-2-4-12(16)17-11(8)6-13(18)19/h1-5H,6H2,(H2,16,17)(H,18,19). The van der Waals surface area contributed by atoms with Gasteiger partial charge in [0.1, 0.15) is 5.82 Å². The Morgan fingerprint density at radius 2 is 1.95 bits per heavy atom. The smallest absolute Gasteiger partial charge is 0.309 e. The maximum Gasteiger partial charge on any atom is 0.309 e. The number of carboxylic acid groups (broad SMARTS) is 1. The molecule has 1 heterocycles. The van der Waals surface area contributed by atoms with Crippen molar-refractivity contribution in [1.29, 1.82) is 0 Å². The second kappa shape index (κ2) is 5.47. The number of pyridine rings is 1. The van der Waals surface area contributed by atoms with Crippen molar-refractivity contribution >= 4 is 35.0 Å². The molecule has 19 heavy (non-hydrogen) atoms. The summed E-state index contributed by atoms with van der Waals surface area (Å²) in [4.78, 5) is 14.9. The Morgan fingerprint density at radius 1 is 1.21 bits per heavy atom. The van der Waals surface area contributed by atoms with Crippen molar-refractivity contribution in [2.45, 2.75) is 6.42 Å². The summed E-state index contributed by atoms with van der Waals surface area (Å²) in [6, 6.07) is 8.27. The van der Waals surface area contributed by atoms with Crippen molar-refractivity contribution < 1.29 is 9.90 Å². The number of nitrogen functional groups attached to an aromatic ring is 1. The van der Waals surface area contributed by atoms with E-state index < -0.39 is 5.97 Å². The maximum atomic E-state index is 10.9. The van der Waals surface area contributed by atoms with Gasteiger partial charge < -0.3 is 10.8 Å². The Bertz CT molecular complexity index is 645. The van der Waals surface area contributed by atoms with Gasteiger partial charge in [0.15, 0.2) is 0 Å². The molecule has 2 aromatic rings. The third-order valence-electron chi connectivity index (χ3n) is 2.53. The molecule has 0 saturated carbocycles. The lowest BCUT2D eigenvalue weighted by molar-refractivity contribution is -0.136. The Kier molecular flexibility index (Phi) is 3.93. The molecule has 3 N–H and O–H groups in total. The number of rotatable bonds is 3. The Morgan fingerprint density at radius 3 is 2.63 bits per heavy atom. The van der Waals surface area contributed by atoms with Crippen LogP contribution in [0.1, 0.15) is 5.69 Å². The van der Waals surface area contributed by atoms with Gasteiger partial charge >= 0.3 is 5.97 Å². The lowest BCUT2D eigenvalue weighted by atomic mass is 10.0. The SMILES string of the molecule is Nc1ccc(-c2cc(Cl)ccc2Cl)c(CC(=O)O)n1. The summed E-state index contributed by atoms with van der Waals surface area (Å²) in [5, 5.41) is 9.90. The summed E-state index contributed by atoms with van der Waals surface area (Å²) in [7, 11) is 0. The molecule has 0 radical (unpaired) electrons. The highest BCUT2D eigenvalue weighted by atomic mass is 35.5. The third-order valence-corrected chi connectivity index (χ3v) is 3.10. The monoisotopic (exact) mass is 296 g/mol. The van der Waals surface area contributed by atoms with E-state index in [9.17, 15) is 4.79 Å². The molecule has 1 aromatic carbocycles. The Hall–Kier alpha value is -1.78. The summed E-state index contributed by atoms with van der Waals surface area (Å²) in [6.45, 7) is 0. The topological polar surface area (TPSA) is 76.2 Å². The first kappa shape index (κ1) is 13.6. The molecule has 0 atom stereocenters. The highest BCUT2D eigenvalue weighted by Crippen LogP contribution is 2.32. The molecule has 0 unspecified atom stereocenters.